The second-order valence-corrected chi connectivity index (χ2v) is 5.30. The highest BCUT2D eigenvalue weighted by Crippen LogP contribution is 2.24. The van der Waals surface area contributed by atoms with Gasteiger partial charge in [-0.1, -0.05) is 50.3 Å². The van der Waals surface area contributed by atoms with Crippen molar-refractivity contribution >= 4 is 12.2 Å². The molecule has 0 N–H and O–H groups in total. The van der Waals surface area contributed by atoms with Gasteiger partial charge in [0, 0.05) is 6.07 Å². The predicted molar refractivity (Wildman–Crippen MR) is 89.0 cm³/mol. The number of methoxy groups -OCH3 is 2. The van der Waals surface area contributed by atoms with Crippen molar-refractivity contribution in [1.29, 1.82) is 0 Å². The van der Waals surface area contributed by atoms with Crippen LogP contribution < -0.4 is 9.47 Å². The first-order valence-corrected chi connectivity index (χ1v) is 7.13. The maximum Gasteiger partial charge on any atom is 0.123 e. The van der Waals surface area contributed by atoms with Crippen LogP contribution in [-0.4, -0.2) is 14.2 Å². The quantitative estimate of drug-likeness (QED) is 0.719. The minimum atomic E-state index is 0.561. The summed E-state index contributed by atoms with van der Waals surface area (Å²) < 4.78 is 10.6. The van der Waals surface area contributed by atoms with E-state index in [9.17, 15) is 0 Å². The summed E-state index contributed by atoms with van der Waals surface area (Å²) in [6, 6.07) is 14.5. The Morgan fingerprint density at radius 2 is 1.29 bits per heavy atom. The molecule has 2 aromatic rings. The molecule has 0 saturated heterocycles. The van der Waals surface area contributed by atoms with Gasteiger partial charge in [-0.2, -0.15) is 0 Å². The average Bonchev–Trinajstić information content (AvgIpc) is 2.52. The van der Waals surface area contributed by atoms with Crippen molar-refractivity contribution in [2.75, 3.05) is 14.2 Å². The summed E-state index contributed by atoms with van der Waals surface area (Å²) in [6.07, 6.45) is 4.16. The van der Waals surface area contributed by atoms with E-state index in [0.717, 1.165) is 17.1 Å². The molecule has 0 aliphatic heterocycles. The lowest BCUT2D eigenvalue weighted by Crippen LogP contribution is -1.88. The summed E-state index contributed by atoms with van der Waals surface area (Å²) in [5.74, 6) is 2.15. The van der Waals surface area contributed by atoms with Crippen LogP contribution in [-0.2, 0) is 0 Å². The largest absolute Gasteiger partial charge is 0.497 e. The molecular weight excluding hydrogens is 260 g/mol. The molecule has 2 nitrogen and oxygen atoms in total. The van der Waals surface area contributed by atoms with E-state index >= 15 is 0 Å². The Hall–Kier alpha value is -2.22. The van der Waals surface area contributed by atoms with Crippen molar-refractivity contribution in [2.45, 2.75) is 19.8 Å². The first kappa shape index (κ1) is 15.2. The second kappa shape index (κ2) is 6.98. The molecule has 0 aliphatic rings. The Bertz CT molecular complexity index is 588. The van der Waals surface area contributed by atoms with E-state index in [1.54, 1.807) is 14.2 Å². The maximum atomic E-state index is 5.28. The topological polar surface area (TPSA) is 18.5 Å². The van der Waals surface area contributed by atoms with Crippen LogP contribution in [0.1, 0.15) is 36.5 Å². The molecule has 0 aromatic heterocycles. The monoisotopic (exact) mass is 282 g/mol. The molecule has 2 aromatic carbocycles. The molecule has 110 valence electrons. The summed E-state index contributed by atoms with van der Waals surface area (Å²) in [5.41, 5.74) is 3.59. The van der Waals surface area contributed by atoms with Crippen LogP contribution in [0.3, 0.4) is 0 Å². The number of ether oxygens (including phenoxy) is 2. The lowest BCUT2D eigenvalue weighted by atomic mass is 10.0. The molecule has 0 heterocycles. The number of hydrogen-bond donors (Lipinski definition) is 0. The van der Waals surface area contributed by atoms with Crippen molar-refractivity contribution in [1.82, 2.24) is 0 Å². The lowest BCUT2D eigenvalue weighted by Gasteiger charge is -2.06. The molecule has 0 amide bonds. The molecule has 0 aliphatic carbocycles. The summed E-state index contributed by atoms with van der Waals surface area (Å²) >= 11 is 0. The zero-order valence-electron chi connectivity index (χ0n) is 13.1. The molecular formula is C19H22O2. The molecule has 0 saturated carbocycles. The van der Waals surface area contributed by atoms with Crippen molar-refractivity contribution in [3.63, 3.8) is 0 Å². The molecule has 21 heavy (non-hydrogen) atoms. The first-order chi connectivity index (χ1) is 10.1. The van der Waals surface area contributed by atoms with Crippen LogP contribution in [0.2, 0.25) is 0 Å². The Balaban J connectivity index is 2.20. The molecule has 0 spiro atoms. The third-order valence-electron chi connectivity index (χ3n) is 3.45. The zero-order valence-corrected chi connectivity index (χ0v) is 13.1. The normalized spacial score (nSPS) is 11.1. The fourth-order valence-corrected chi connectivity index (χ4v) is 2.11. The Labute approximate surface area is 127 Å². The highest BCUT2D eigenvalue weighted by atomic mass is 16.5. The highest BCUT2D eigenvalue weighted by molar-refractivity contribution is 5.71. The minimum Gasteiger partial charge on any atom is -0.497 e. The molecule has 0 radical (unpaired) electrons. The van der Waals surface area contributed by atoms with Crippen LogP contribution in [0.4, 0.5) is 0 Å². The van der Waals surface area contributed by atoms with Crippen LogP contribution in [0.5, 0.6) is 11.5 Å². The van der Waals surface area contributed by atoms with Gasteiger partial charge in [-0.05, 0) is 34.7 Å². The molecule has 0 bridgehead atoms. The van der Waals surface area contributed by atoms with E-state index in [-0.39, 0.29) is 0 Å². The van der Waals surface area contributed by atoms with Crippen molar-refractivity contribution in [3.8, 4) is 11.5 Å². The summed E-state index contributed by atoms with van der Waals surface area (Å²) in [4.78, 5) is 0. The van der Waals surface area contributed by atoms with E-state index in [1.807, 2.05) is 18.2 Å². The number of benzene rings is 2. The summed E-state index contributed by atoms with van der Waals surface area (Å²) in [5, 5.41) is 0. The minimum absolute atomic E-state index is 0.561. The maximum absolute atomic E-state index is 5.28. The third-order valence-corrected chi connectivity index (χ3v) is 3.45. The van der Waals surface area contributed by atoms with Crippen LogP contribution in [0, 0.1) is 0 Å². The fourth-order valence-electron chi connectivity index (χ4n) is 2.11. The first-order valence-electron chi connectivity index (χ1n) is 7.13. The summed E-state index contributed by atoms with van der Waals surface area (Å²) in [6.45, 7) is 4.40. The zero-order chi connectivity index (χ0) is 15.2. The molecule has 0 fully saturated rings. The molecule has 2 rings (SSSR count). The SMILES string of the molecule is COc1cc(C=Cc2ccc(C(C)C)cc2)cc(OC)c1. The third kappa shape index (κ3) is 4.12. The molecule has 0 unspecified atom stereocenters. The van der Waals surface area contributed by atoms with Gasteiger partial charge >= 0.3 is 0 Å². The van der Waals surface area contributed by atoms with Crippen molar-refractivity contribution < 1.29 is 9.47 Å². The van der Waals surface area contributed by atoms with Crippen molar-refractivity contribution in [2.24, 2.45) is 0 Å². The van der Waals surface area contributed by atoms with Gasteiger partial charge in [-0.15, -0.1) is 0 Å². The van der Waals surface area contributed by atoms with Gasteiger partial charge in [0.2, 0.25) is 0 Å². The Morgan fingerprint density at radius 3 is 1.76 bits per heavy atom. The van der Waals surface area contributed by atoms with E-state index in [0.29, 0.717) is 5.92 Å². The van der Waals surface area contributed by atoms with Gasteiger partial charge < -0.3 is 9.47 Å². The van der Waals surface area contributed by atoms with Gasteiger partial charge in [0.1, 0.15) is 11.5 Å². The van der Waals surface area contributed by atoms with Gasteiger partial charge in [0.15, 0.2) is 0 Å². The van der Waals surface area contributed by atoms with E-state index in [4.69, 9.17) is 9.47 Å². The molecule has 2 heteroatoms. The van der Waals surface area contributed by atoms with E-state index < -0.39 is 0 Å². The number of hydrogen-bond acceptors (Lipinski definition) is 2. The molecule has 0 atom stereocenters. The van der Waals surface area contributed by atoms with Gasteiger partial charge in [0.25, 0.3) is 0 Å². The second-order valence-electron chi connectivity index (χ2n) is 5.30. The average molecular weight is 282 g/mol. The van der Waals surface area contributed by atoms with Crippen LogP contribution in [0.15, 0.2) is 42.5 Å². The Morgan fingerprint density at radius 1 is 0.762 bits per heavy atom. The van der Waals surface area contributed by atoms with Crippen LogP contribution in [0.25, 0.3) is 12.2 Å². The summed E-state index contributed by atoms with van der Waals surface area (Å²) in [7, 11) is 3.32. The van der Waals surface area contributed by atoms with Gasteiger partial charge in [0.05, 0.1) is 14.2 Å². The van der Waals surface area contributed by atoms with E-state index in [2.05, 4.69) is 50.3 Å². The lowest BCUT2D eigenvalue weighted by molar-refractivity contribution is 0.394. The van der Waals surface area contributed by atoms with E-state index in [1.165, 1.54) is 11.1 Å². The predicted octanol–water partition coefficient (Wildman–Crippen LogP) is 5.00. The fraction of sp³-hybridized carbons (Fsp3) is 0.263. The standard InChI is InChI=1S/C19H22O2/c1-14(2)17-9-7-15(8-10-17)5-6-16-11-18(20-3)13-19(12-16)21-4/h5-14H,1-4H3. The van der Waals surface area contributed by atoms with Crippen LogP contribution >= 0.6 is 0 Å². The van der Waals surface area contributed by atoms with Crippen molar-refractivity contribution in [3.05, 3.63) is 59.2 Å². The smallest absolute Gasteiger partial charge is 0.123 e. The Kier molecular flexibility index (Phi) is 5.04. The van der Waals surface area contributed by atoms with Gasteiger partial charge in [-0.25, -0.2) is 0 Å². The number of rotatable bonds is 5. The van der Waals surface area contributed by atoms with Gasteiger partial charge in [-0.3, -0.25) is 0 Å². The highest BCUT2D eigenvalue weighted by Gasteiger charge is 2.00.